The van der Waals surface area contributed by atoms with E-state index >= 15 is 0 Å². The minimum absolute atomic E-state index is 0.268. The second-order valence-electron chi connectivity index (χ2n) is 5.53. The summed E-state index contributed by atoms with van der Waals surface area (Å²) in [5, 5.41) is 5.24. The number of nitrogens with one attached hydrogen (secondary N) is 2. The van der Waals surface area contributed by atoms with Crippen molar-refractivity contribution in [3.63, 3.8) is 0 Å². The third-order valence-electron chi connectivity index (χ3n) is 3.62. The van der Waals surface area contributed by atoms with Crippen molar-refractivity contribution < 1.29 is 9.59 Å². The molecule has 0 radical (unpaired) electrons. The number of urea groups is 1. The second-order valence-corrected chi connectivity index (χ2v) is 5.53. The minimum atomic E-state index is -0.592. The fraction of sp³-hybridized carbons (Fsp3) is 0.0526. The van der Waals surface area contributed by atoms with Gasteiger partial charge in [0.25, 0.3) is 5.91 Å². The molecule has 7 nitrogen and oxygen atoms in total. The third kappa shape index (κ3) is 4.41. The van der Waals surface area contributed by atoms with Gasteiger partial charge in [0.05, 0.1) is 18.1 Å². The van der Waals surface area contributed by atoms with Gasteiger partial charge in [0.15, 0.2) is 5.82 Å². The fourth-order valence-electron chi connectivity index (χ4n) is 2.30. The average Bonchev–Trinajstić information content (AvgIpc) is 2.68. The number of aromatic nitrogens is 2. The maximum absolute atomic E-state index is 12.3. The lowest BCUT2D eigenvalue weighted by molar-refractivity contribution is 0.102. The monoisotopic (exact) mass is 347 g/mol. The Morgan fingerprint density at radius 1 is 0.923 bits per heavy atom. The van der Waals surface area contributed by atoms with Gasteiger partial charge in [0.1, 0.15) is 0 Å². The number of rotatable bonds is 5. The predicted octanol–water partition coefficient (Wildman–Crippen LogP) is 2.56. The van der Waals surface area contributed by atoms with Gasteiger partial charge in [-0.25, -0.2) is 14.8 Å². The van der Waals surface area contributed by atoms with Crippen molar-refractivity contribution in [1.82, 2.24) is 15.3 Å². The molecule has 4 N–H and O–H groups in total. The van der Waals surface area contributed by atoms with E-state index in [9.17, 15) is 9.59 Å². The van der Waals surface area contributed by atoms with Crippen LogP contribution >= 0.6 is 0 Å². The summed E-state index contributed by atoms with van der Waals surface area (Å²) in [5.74, 6) is 0.324. The Hall–Kier alpha value is -3.74. The lowest BCUT2D eigenvalue weighted by atomic mass is 10.1. The fourth-order valence-corrected chi connectivity index (χ4v) is 2.30. The average molecular weight is 347 g/mol. The molecule has 3 amide bonds. The molecule has 0 saturated carbocycles. The van der Waals surface area contributed by atoms with E-state index in [4.69, 9.17) is 5.73 Å². The quantitative estimate of drug-likeness (QED) is 0.659. The summed E-state index contributed by atoms with van der Waals surface area (Å²) in [7, 11) is 0. The first-order valence-electron chi connectivity index (χ1n) is 7.93. The Balaban J connectivity index is 1.63. The summed E-state index contributed by atoms with van der Waals surface area (Å²) in [6.45, 7) is 0.312. The van der Waals surface area contributed by atoms with Crippen LogP contribution in [-0.4, -0.2) is 21.9 Å². The van der Waals surface area contributed by atoms with E-state index in [0.717, 1.165) is 11.1 Å². The molecule has 3 rings (SSSR count). The molecular weight excluding hydrogens is 330 g/mol. The SMILES string of the molecule is NC(=O)NCc1ccc(C(=O)Nc2cnc(-c3ccccc3)nc2)cc1. The van der Waals surface area contributed by atoms with Crippen LogP contribution < -0.4 is 16.4 Å². The van der Waals surface area contributed by atoms with Crippen LogP contribution in [0.1, 0.15) is 15.9 Å². The largest absolute Gasteiger partial charge is 0.352 e. The van der Waals surface area contributed by atoms with Crippen molar-refractivity contribution in [3.8, 4) is 11.4 Å². The smallest absolute Gasteiger partial charge is 0.312 e. The van der Waals surface area contributed by atoms with Gasteiger partial charge in [-0.2, -0.15) is 0 Å². The zero-order valence-corrected chi connectivity index (χ0v) is 13.8. The Kier molecular flexibility index (Phi) is 5.19. The molecule has 1 heterocycles. The molecule has 1 aromatic heterocycles. The minimum Gasteiger partial charge on any atom is -0.352 e. The number of carbonyl (C=O) groups excluding carboxylic acids is 2. The summed E-state index contributed by atoms with van der Waals surface area (Å²) in [5.41, 5.74) is 7.77. The van der Waals surface area contributed by atoms with E-state index in [-0.39, 0.29) is 5.91 Å². The van der Waals surface area contributed by atoms with Crippen LogP contribution in [0.15, 0.2) is 67.0 Å². The highest BCUT2D eigenvalue weighted by Gasteiger charge is 2.08. The van der Waals surface area contributed by atoms with Crippen molar-refractivity contribution in [2.45, 2.75) is 6.54 Å². The number of hydrogen-bond acceptors (Lipinski definition) is 4. The van der Waals surface area contributed by atoms with Gasteiger partial charge in [0, 0.05) is 17.7 Å². The molecule has 0 aliphatic rings. The molecule has 2 aromatic carbocycles. The predicted molar refractivity (Wildman–Crippen MR) is 98.3 cm³/mol. The van der Waals surface area contributed by atoms with E-state index < -0.39 is 6.03 Å². The lowest BCUT2D eigenvalue weighted by Crippen LogP contribution is -2.28. The van der Waals surface area contributed by atoms with Gasteiger partial charge >= 0.3 is 6.03 Å². The molecule has 0 bridgehead atoms. The van der Waals surface area contributed by atoms with Crippen molar-refractivity contribution in [3.05, 3.63) is 78.1 Å². The van der Waals surface area contributed by atoms with Crippen LogP contribution in [0, 0.1) is 0 Å². The summed E-state index contributed by atoms with van der Waals surface area (Å²) >= 11 is 0. The first-order chi connectivity index (χ1) is 12.6. The molecule has 0 aliphatic carbocycles. The molecule has 0 fully saturated rings. The number of anilines is 1. The third-order valence-corrected chi connectivity index (χ3v) is 3.62. The topological polar surface area (TPSA) is 110 Å². The molecule has 0 aliphatic heterocycles. The zero-order valence-electron chi connectivity index (χ0n) is 13.8. The van der Waals surface area contributed by atoms with Crippen molar-refractivity contribution in [2.75, 3.05) is 5.32 Å². The van der Waals surface area contributed by atoms with Crippen LogP contribution in [0.2, 0.25) is 0 Å². The van der Waals surface area contributed by atoms with Crippen LogP contribution in [0.25, 0.3) is 11.4 Å². The highest BCUT2D eigenvalue weighted by molar-refractivity contribution is 6.04. The molecule has 0 atom stereocenters. The summed E-state index contributed by atoms with van der Waals surface area (Å²) in [4.78, 5) is 31.5. The van der Waals surface area contributed by atoms with Crippen LogP contribution in [0.5, 0.6) is 0 Å². The Morgan fingerprint density at radius 2 is 1.58 bits per heavy atom. The zero-order chi connectivity index (χ0) is 18.4. The number of hydrogen-bond donors (Lipinski definition) is 3. The summed E-state index contributed by atoms with van der Waals surface area (Å²) < 4.78 is 0. The molecule has 0 unspecified atom stereocenters. The standard InChI is InChI=1S/C19H17N5O2/c20-19(26)23-10-13-6-8-15(9-7-13)18(25)24-16-11-21-17(22-12-16)14-4-2-1-3-5-14/h1-9,11-12H,10H2,(H,24,25)(H3,20,23,26). The van der Waals surface area contributed by atoms with E-state index in [1.807, 2.05) is 30.3 Å². The van der Waals surface area contributed by atoms with Gasteiger partial charge in [-0.05, 0) is 17.7 Å². The molecule has 7 heteroatoms. The molecule has 3 aromatic rings. The molecular formula is C19H17N5O2. The summed E-state index contributed by atoms with van der Waals surface area (Å²) in [6.07, 6.45) is 3.14. The van der Waals surface area contributed by atoms with Crippen LogP contribution in [0.4, 0.5) is 10.5 Å². The number of nitrogens with two attached hydrogens (primary N) is 1. The Bertz CT molecular complexity index is 893. The lowest BCUT2D eigenvalue weighted by Gasteiger charge is -2.07. The highest BCUT2D eigenvalue weighted by Crippen LogP contribution is 2.15. The van der Waals surface area contributed by atoms with Crippen LogP contribution in [0.3, 0.4) is 0 Å². The summed E-state index contributed by atoms with van der Waals surface area (Å²) in [6, 6.07) is 15.8. The van der Waals surface area contributed by atoms with Gasteiger partial charge < -0.3 is 16.4 Å². The Morgan fingerprint density at radius 3 is 2.19 bits per heavy atom. The van der Waals surface area contributed by atoms with Gasteiger partial charge in [0.2, 0.25) is 0 Å². The first-order valence-corrected chi connectivity index (χ1v) is 7.93. The van der Waals surface area contributed by atoms with Gasteiger partial charge in [-0.3, -0.25) is 4.79 Å². The number of nitrogens with zero attached hydrogens (tertiary/aromatic N) is 2. The Labute approximate surface area is 150 Å². The molecule has 0 spiro atoms. The van der Waals surface area contributed by atoms with E-state index in [0.29, 0.717) is 23.6 Å². The maximum atomic E-state index is 12.3. The van der Waals surface area contributed by atoms with Crippen LogP contribution in [-0.2, 0) is 6.54 Å². The van der Waals surface area contributed by atoms with E-state index in [2.05, 4.69) is 20.6 Å². The normalized spacial score (nSPS) is 10.2. The second kappa shape index (κ2) is 7.89. The highest BCUT2D eigenvalue weighted by atomic mass is 16.2. The number of carbonyl (C=O) groups is 2. The molecule has 26 heavy (non-hydrogen) atoms. The molecule has 0 saturated heterocycles. The number of amides is 3. The van der Waals surface area contributed by atoms with Gasteiger partial charge in [-0.15, -0.1) is 0 Å². The van der Waals surface area contributed by atoms with Crippen molar-refractivity contribution in [1.29, 1.82) is 0 Å². The maximum Gasteiger partial charge on any atom is 0.312 e. The van der Waals surface area contributed by atoms with E-state index in [1.165, 1.54) is 0 Å². The van der Waals surface area contributed by atoms with Crippen molar-refractivity contribution in [2.24, 2.45) is 5.73 Å². The number of primary amides is 1. The van der Waals surface area contributed by atoms with Gasteiger partial charge in [-0.1, -0.05) is 42.5 Å². The number of benzene rings is 2. The first kappa shape index (κ1) is 17.1. The van der Waals surface area contributed by atoms with E-state index in [1.54, 1.807) is 36.7 Å². The van der Waals surface area contributed by atoms with Crippen molar-refractivity contribution >= 4 is 17.6 Å². The molecule has 130 valence electrons.